The summed E-state index contributed by atoms with van der Waals surface area (Å²) in [6.07, 6.45) is -7.73. The quantitative estimate of drug-likeness (QED) is 0.0686. The molecule has 0 amide bonds. The predicted molar refractivity (Wildman–Crippen MR) is 148 cm³/mol. The second-order valence-electron chi connectivity index (χ2n) is 9.70. The first kappa shape index (κ1) is 33.0. The second-order valence-corrected chi connectivity index (χ2v) is 9.70. The summed E-state index contributed by atoms with van der Waals surface area (Å²) in [6, 6.07) is 6.43. The van der Waals surface area contributed by atoms with Crippen LogP contribution in [0.2, 0.25) is 0 Å². The van der Waals surface area contributed by atoms with Gasteiger partial charge in [0.25, 0.3) is 0 Å². The van der Waals surface area contributed by atoms with Crippen molar-refractivity contribution in [3.05, 3.63) is 65.2 Å². The lowest BCUT2D eigenvalue weighted by atomic mass is 9.98. The summed E-state index contributed by atoms with van der Waals surface area (Å²) >= 11 is 0. The zero-order valence-corrected chi connectivity index (χ0v) is 23.1. The van der Waals surface area contributed by atoms with Gasteiger partial charge in [0, 0.05) is 6.08 Å². The van der Waals surface area contributed by atoms with Gasteiger partial charge in [-0.25, -0.2) is 14.4 Å². The zero-order valence-electron chi connectivity index (χ0n) is 23.1. The summed E-state index contributed by atoms with van der Waals surface area (Å²) in [7, 11) is 0. The molecule has 0 aliphatic carbocycles. The van der Waals surface area contributed by atoms with E-state index < -0.39 is 112 Å². The number of benzene rings is 3. The molecule has 1 saturated heterocycles. The molecule has 1 aliphatic heterocycles. The second kappa shape index (κ2) is 13.4. The van der Waals surface area contributed by atoms with E-state index in [4.69, 9.17) is 18.9 Å². The Bertz CT molecular complexity index is 1640. The average molecular weight is 647 g/mol. The molecule has 17 heteroatoms. The molecule has 5 atom stereocenters. The van der Waals surface area contributed by atoms with Crippen molar-refractivity contribution >= 4 is 24.0 Å². The van der Waals surface area contributed by atoms with Crippen molar-refractivity contribution in [3.8, 4) is 46.0 Å². The van der Waals surface area contributed by atoms with Gasteiger partial charge in [-0.15, -0.1) is 0 Å². The molecule has 1 aliphatic rings. The van der Waals surface area contributed by atoms with Crippen LogP contribution in [0.1, 0.15) is 26.3 Å². The van der Waals surface area contributed by atoms with Gasteiger partial charge in [0.1, 0.15) is 6.10 Å². The SMILES string of the molecule is O=C(C=Cc1ccc(O)c(O)c1)OC1C(O)C(OC(=O)c2cc(O)c(O)c(O)c2)OC(CO)C1OC(=O)c1cc(O)c(O)c(O)c1. The molecule has 4 rings (SSSR count). The van der Waals surface area contributed by atoms with Crippen LogP contribution in [-0.4, -0.2) is 106 Å². The van der Waals surface area contributed by atoms with Crippen molar-refractivity contribution in [2.24, 2.45) is 0 Å². The largest absolute Gasteiger partial charge is 0.504 e. The lowest BCUT2D eigenvalue weighted by Gasteiger charge is -2.42. The lowest BCUT2D eigenvalue weighted by Crippen LogP contribution is -2.62. The number of esters is 3. The molecule has 0 aromatic heterocycles. The fourth-order valence-electron chi connectivity index (χ4n) is 4.21. The summed E-state index contributed by atoms with van der Waals surface area (Å²) in [6.45, 7) is -0.998. The van der Waals surface area contributed by atoms with Crippen molar-refractivity contribution in [3.63, 3.8) is 0 Å². The Labute approximate surface area is 257 Å². The number of ether oxygens (including phenoxy) is 4. The molecule has 0 spiro atoms. The molecule has 1 fully saturated rings. The monoisotopic (exact) mass is 646 g/mol. The van der Waals surface area contributed by atoms with Gasteiger partial charge < -0.3 is 70.0 Å². The minimum absolute atomic E-state index is 0.218. The maximum atomic E-state index is 12.9. The molecule has 46 heavy (non-hydrogen) atoms. The van der Waals surface area contributed by atoms with E-state index in [0.29, 0.717) is 12.1 Å². The number of hydrogen-bond donors (Lipinski definition) is 10. The lowest BCUT2D eigenvalue weighted by molar-refractivity contribution is -0.287. The van der Waals surface area contributed by atoms with Gasteiger partial charge in [0.15, 0.2) is 64.3 Å². The standard InChI is InChI=1S/C29H26O17/c30-10-20-25(45-27(41)12-6-16(33)22(38)17(34)7-12)26(44-21(37)4-2-11-1-3-14(31)15(32)5-11)24(40)29(43-20)46-28(42)13-8-18(35)23(39)19(36)9-13/h1-9,20,24-26,29-36,38-40H,10H2. The number of phenolic OH excluding ortho intramolecular Hbond substituents is 8. The number of carbonyl (C=O) groups excluding carboxylic acids is 3. The molecule has 3 aromatic rings. The maximum Gasteiger partial charge on any atom is 0.340 e. The van der Waals surface area contributed by atoms with Crippen LogP contribution >= 0.6 is 0 Å². The van der Waals surface area contributed by atoms with Crippen molar-refractivity contribution in [2.45, 2.75) is 30.7 Å². The first-order chi connectivity index (χ1) is 21.7. The van der Waals surface area contributed by atoms with Crippen LogP contribution in [0.4, 0.5) is 0 Å². The highest BCUT2D eigenvalue weighted by Crippen LogP contribution is 2.38. The highest BCUT2D eigenvalue weighted by molar-refractivity contribution is 5.92. The Morgan fingerprint density at radius 1 is 0.674 bits per heavy atom. The van der Waals surface area contributed by atoms with Crippen LogP contribution in [0.25, 0.3) is 6.08 Å². The summed E-state index contributed by atoms with van der Waals surface area (Å²) in [5.41, 5.74) is -0.843. The minimum Gasteiger partial charge on any atom is -0.504 e. The Hall–Kier alpha value is -5.91. The first-order valence-corrected chi connectivity index (χ1v) is 13.0. The smallest absolute Gasteiger partial charge is 0.340 e. The first-order valence-electron chi connectivity index (χ1n) is 13.0. The summed E-state index contributed by atoms with van der Waals surface area (Å²) < 4.78 is 21.1. The van der Waals surface area contributed by atoms with Crippen LogP contribution in [0.15, 0.2) is 48.5 Å². The fourth-order valence-corrected chi connectivity index (χ4v) is 4.21. The molecular formula is C29H26O17. The number of rotatable bonds is 8. The van der Waals surface area contributed by atoms with Crippen molar-refractivity contribution in [1.29, 1.82) is 0 Å². The maximum absolute atomic E-state index is 12.9. The molecule has 10 N–H and O–H groups in total. The Balaban J connectivity index is 1.63. The minimum atomic E-state index is -2.15. The molecule has 0 saturated carbocycles. The van der Waals surface area contributed by atoms with E-state index in [-0.39, 0.29) is 5.56 Å². The van der Waals surface area contributed by atoms with Crippen LogP contribution in [0.5, 0.6) is 46.0 Å². The Morgan fingerprint density at radius 2 is 1.20 bits per heavy atom. The van der Waals surface area contributed by atoms with Crippen LogP contribution < -0.4 is 0 Å². The van der Waals surface area contributed by atoms with E-state index in [1.54, 1.807) is 0 Å². The third kappa shape index (κ3) is 7.07. The van der Waals surface area contributed by atoms with Gasteiger partial charge in [-0.2, -0.15) is 0 Å². The Morgan fingerprint density at radius 3 is 1.70 bits per heavy atom. The van der Waals surface area contributed by atoms with E-state index in [1.807, 2.05) is 0 Å². The molecule has 5 unspecified atom stereocenters. The summed E-state index contributed by atoms with van der Waals surface area (Å²) in [4.78, 5) is 38.5. The van der Waals surface area contributed by atoms with Crippen LogP contribution in [0.3, 0.4) is 0 Å². The van der Waals surface area contributed by atoms with E-state index in [2.05, 4.69) is 0 Å². The normalized spacial score (nSPS) is 21.0. The van der Waals surface area contributed by atoms with Crippen LogP contribution in [-0.2, 0) is 23.7 Å². The van der Waals surface area contributed by atoms with Gasteiger partial charge in [-0.1, -0.05) is 6.07 Å². The van der Waals surface area contributed by atoms with E-state index in [0.717, 1.165) is 36.4 Å². The molecular weight excluding hydrogens is 620 g/mol. The van der Waals surface area contributed by atoms with E-state index in [1.165, 1.54) is 6.07 Å². The number of aliphatic hydroxyl groups excluding tert-OH is 2. The predicted octanol–water partition coefficient (Wildman–Crippen LogP) is 0.417. The van der Waals surface area contributed by atoms with E-state index in [9.17, 15) is 65.4 Å². The third-order valence-electron chi connectivity index (χ3n) is 6.54. The highest BCUT2D eigenvalue weighted by atomic mass is 16.7. The van der Waals surface area contributed by atoms with Crippen molar-refractivity contribution in [2.75, 3.05) is 6.61 Å². The zero-order chi connectivity index (χ0) is 33.9. The number of carbonyl (C=O) groups is 3. The molecule has 0 radical (unpaired) electrons. The molecule has 17 nitrogen and oxygen atoms in total. The number of aromatic hydroxyl groups is 8. The van der Waals surface area contributed by atoms with Gasteiger partial charge in [0.05, 0.1) is 17.7 Å². The van der Waals surface area contributed by atoms with Crippen molar-refractivity contribution < 1.29 is 84.4 Å². The van der Waals surface area contributed by atoms with Crippen molar-refractivity contribution in [1.82, 2.24) is 0 Å². The number of aliphatic hydroxyl groups is 2. The van der Waals surface area contributed by atoms with Gasteiger partial charge in [0.2, 0.25) is 6.29 Å². The Kier molecular flexibility index (Phi) is 9.60. The molecule has 1 heterocycles. The molecule has 3 aromatic carbocycles. The third-order valence-corrected chi connectivity index (χ3v) is 6.54. The van der Waals surface area contributed by atoms with Gasteiger partial charge in [-0.05, 0) is 48.0 Å². The number of hydrogen-bond acceptors (Lipinski definition) is 17. The fraction of sp³-hybridized carbons (Fsp3) is 0.207. The van der Waals surface area contributed by atoms with Crippen LogP contribution in [0, 0.1) is 0 Å². The number of phenols is 8. The summed E-state index contributed by atoms with van der Waals surface area (Å²) in [5, 5.41) is 98.3. The molecule has 0 bridgehead atoms. The van der Waals surface area contributed by atoms with Gasteiger partial charge in [-0.3, -0.25) is 0 Å². The van der Waals surface area contributed by atoms with Gasteiger partial charge >= 0.3 is 17.9 Å². The highest BCUT2D eigenvalue weighted by Gasteiger charge is 2.51. The topological polar surface area (TPSA) is 290 Å². The summed E-state index contributed by atoms with van der Waals surface area (Å²) in [5.74, 6) is -10.3. The van der Waals surface area contributed by atoms with E-state index >= 15 is 0 Å². The molecule has 244 valence electrons. The average Bonchev–Trinajstić information content (AvgIpc) is 3.01.